The molecule has 2 N–H and O–H groups in total. The van der Waals surface area contributed by atoms with Crippen LogP contribution >= 0.6 is 15.9 Å². The summed E-state index contributed by atoms with van der Waals surface area (Å²) in [5.41, 5.74) is 10.3. The minimum absolute atomic E-state index is 0.136. The van der Waals surface area contributed by atoms with E-state index in [9.17, 15) is 0 Å². The topological polar surface area (TPSA) is 43.8 Å². The average Bonchev–Trinajstić information content (AvgIpc) is 2.72. The highest BCUT2D eigenvalue weighted by atomic mass is 79.9. The van der Waals surface area contributed by atoms with Gasteiger partial charge < -0.3 is 5.73 Å². The molecule has 1 heterocycles. The third-order valence-corrected chi connectivity index (χ3v) is 4.00. The van der Waals surface area contributed by atoms with Crippen molar-refractivity contribution < 1.29 is 0 Å². The van der Waals surface area contributed by atoms with E-state index in [2.05, 4.69) is 61.8 Å². The Morgan fingerprint density at radius 1 is 1.32 bits per heavy atom. The largest absolute Gasteiger partial charge is 0.330 e. The van der Waals surface area contributed by atoms with Crippen molar-refractivity contribution in [1.82, 2.24) is 9.78 Å². The molecule has 2 aromatic rings. The SMILES string of the molecule is Cc1ccc(-n2cc(Br)c(C(C)(C)CN)n2)c(C)c1. The van der Waals surface area contributed by atoms with Crippen LogP contribution in [-0.4, -0.2) is 16.3 Å². The molecule has 0 radical (unpaired) electrons. The maximum absolute atomic E-state index is 5.83. The zero-order valence-electron chi connectivity index (χ0n) is 11.9. The van der Waals surface area contributed by atoms with E-state index in [1.165, 1.54) is 11.1 Å². The Morgan fingerprint density at radius 2 is 2.00 bits per heavy atom. The van der Waals surface area contributed by atoms with E-state index in [1.807, 2.05) is 10.9 Å². The van der Waals surface area contributed by atoms with Gasteiger partial charge >= 0.3 is 0 Å². The van der Waals surface area contributed by atoms with Gasteiger partial charge in [-0.15, -0.1) is 0 Å². The number of rotatable bonds is 3. The van der Waals surface area contributed by atoms with E-state index in [-0.39, 0.29) is 5.41 Å². The van der Waals surface area contributed by atoms with Crippen LogP contribution in [0, 0.1) is 13.8 Å². The number of hydrogen-bond donors (Lipinski definition) is 1. The predicted octanol–water partition coefficient (Wildman–Crippen LogP) is 3.49. The molecule has 1 aromatic heterocycles. The van der Waals surface area contributed by atoms with Crippen LogP contribution < -0.4 is 5.73 Å². The van der Waals surface area contributed by atoms with E-state index >= 15 is 0 Å². The number of nitrogens with two attached hydrogens (primary N) is 1. The first-order valence-electron chi connectivity index (χ1n) is 6.38. The summed E-state index contributed by atoms with van der Waals surface area (Å²) in [5.74, 6) is 0. The standard InChI is InChI=1S/C15H20BrN3/c1-10-5-6-13(11(2)7-10)19-8-12(16)14(18-19)15(3,4)9-17/h5-8H,9,17H2,1-4H3. The molecule has 0 saturated heterocycles. The first-order chi connectivity index (χ1) is 8.85. The van der Waals surface area contributed by atoms with E-state index in [1.54, 1.807) is 0 Å². The fourth-order valence-corrected chi connectivity index (χ4v) is 2.90. The second kappa shape index (κ2) is 5.10. The van der Waals surface area contributed by atoms with Crippen molar-refractivity contribution in [3.8, 4) is 5.69 Å². The summed E-state index contributed by atoms with van der Waals surface area (Å²) >= 11 is 3.59. The molecule has 4 heteroatoms. The highest BCUT2D eigenvalue weighted by Crippen LogP contribution is 2.29. The number of aromatic nitrogens is 2. The highest BCUT2D eigenvalue weighted by Gasteiger charge is 2.25. The summed E-state index contributed by atoms with van der Waals surface area (Å²) in [6.07, 6.45) is 2.00. The van der Waals surface area contributed by atoms with Crippen molar-refractivity contribution in [3.05, 3.63) is 45.7 Å². The normalized spacial score (nSPS) is 11.9. The maximum atomic E-state index is 5.83. The van der Waals surface area contributed by atoms with Crippen molar-refractivity contribution in [2.45, 2.75) is 33.1 Å². The minimum atomic E-state index is -0.136. The van der Waals surface area contributed by atoms with Crippen LogP contribution in [0.1, 0.15) is 30.7 Å². The van der Waals surface area contributed by atoms with Gasteiger partial charge in [-0.1, -0.05) is 31.5 Å². The molecular formula is C15H20BrN3. The summed E-state index contributed by atoms with van der Waals surface area (Å²) < 4.78 is 2.92. The average molecular weight is 322 g/mol. The fourth-order valence-electron chi connectivity index (χ4n) is 2.09. The van der Waals surface area contributed by atoms with Gasteiger partial charge in [0.05, 0.1) is 15.9 Å². The van der Waals surface area contributed by atoms with Crippen LogP contribution in [0.3, 0.4) is 0 Å². The van der Waals surface area contributed by atoms with Gasteiger partial charge in [-0.3, -0.25) is 0 Å². The van der Waals surface area contributed by atoms with E-state index < -0.39 is 0 Å². The van der Waals surface area contributed by atoms with Gasteiger partial charge in [0.1, 0.15) is 0 Å². The first kappa shape index (κ1) is 14.3. The lowest BCUT2D eigenvalue weighted by molar-refractivity contribution is 0.513. The molecule has 0 aliphatic heterocycles. The summed E-state index contributed by atoms with van der Waals surface area (Å²) in [7, 11) is 0. The lowest BCUT2D eigenvalue weighted by Gasteiger charge is -2.20. The van der Waals surface area contributed by atoms with Gasteiger partial charge in [-0.25, -0.2) is 4.68 Å². The monoisotopic (exact) mass is 321 g/mol. The molecule has 0 aliphatic rings. The molecule has 3 nitrogen and oxygen atoms in total. The summed E-state index contributed by atoms with van der Waals surface area (Å²) in [5, 5.41) is 4.70. The van der Waals surface area contributed by atoms with E-state index in [4.69, 9.17) is 10.8 Å². The predicted molar refractivity (Wildman–Crippen MR) is 82.8 cm³/mol. The van der Waals surface area contributed by atoms with Crippen molar-refractivity contribution in [2.75, 3.05) is 6.54 Å². The van der Waals surface area contributed by atoms with E-state index in [0.29, 0.717) is 6.54 Å². The molecule has 0 amide bonds. The Bertz CT molecular complexity index is 599. The minimum Gasteiger partial charge on any atom is -0.330 e. The van der Waals surface area contributed by atoms with Gasteiger partial charge in [0.15, 0.2) is 0 Å². The van der Waals surface area contributed by atoms with Crippen LogP contribution in [0.2, 0.25) is 0 Å². The Balaban J connectivity index is 2.51. The molecule has 0 aliphatic carbocycles. The lowest BCUT2D eigenvalue weighted by atomic mass is 9.90. The number of hydrogen-bond acceptors (Lipinski definition) is 2. The molecular weight excluding hydrogens is 302 g/mol. The van der Waals surface area contributed by atoms with Crippen molar-refractivity contribution >= 4 is 15.9 Å². The van der Waals surface area contributed by atoms with Crippen LogP contribution in [0.25, 0.3) is 5.69 Å². The fraction of sp³-hybridized carbons (Fsp3) is 0.400. The Labute approximate surface area is 122 Å². The van der Waals surface area contributed by atoms with Crippen molar-refractivity contribution in [3.63, 3.8) is 0 Å². The van der Waals surface area contributed by atoms with Crippen LogP contribution in [-0.2, 0) is 5.41 Å². The Hall–Kier alpha value is -1.13. The zero-order chi connectivity index (χ0) is 14.2. The molecule has 0 saturated carbocycles. The lowest BCUT2D eigenvalue weighted by Crippen LogP contribution is -2.29. The number of aryl methyl sites for hydroxylation is 2. The van der Waals surface area contributed by atoms with Gasteiger partial charge in [0.2, 0.25) is 0 Å². The third kappa shape index (κ3) is 2.74. The smallest absolute Gasteiger partial charge is 0.0839 e. The van der Waals surface area contributed by atoms with Crippen molar-refractivity contribution in [2.24, 2.45) is 5.73 Å². The molecule has 0 atom stereocenters. The van der Waals surface area contributed by atoms with Gasteiger partial charge in [-0.05, 0) is 41.4 Å². The molecule has 0 spiro atoms. The van der Waals surface area contributed by atoms with Gasteiger partial charge in [0, 0.05) is 18.2 Å². The quantitative estimate of drug-likeness (QED) is 0.940. The molecule has 2 rings (SSSR count). The number of benzene rings is 1. The van der Waals surface area contributed by atoms with Crippen LogP contribution in [0.5, 0.6) is 0 Å². The molecule has 102 valence electrons. The summed E-state index contributed by atoms with van der Waals surface area (Å²) in [6, 6.07) is 6.37. The molecule has 0 fully saturated rings. The van der Waals surface area contributed by atoms with Gasteiger partial charge in [0.25, 0.3) is 0 Å². The molecule has 1 aromatic carbocycles. The Kier molecular flexibility index (Phi) is 3.83. The Morgan fingerprint density at radius 3 is 2.58 bits per heavy atom. The molecule has 19 heavy (non-hydrogen) atoms. The van der Waals surface area contributed by atoms with Crippen LogP contribution in [0.4, 0.5) is 0 Å². The second-order valence-electron chi connectivity index (χ2n) is 5.65. The maximum Gasteiger partial charge on any atom is 0.0839 e. The van der Waals surface area contributed by atoms with E-state index in [0.717, 1.165) is 15.9 Å². The molecule has 0 unspecified atom stereocenters. The number of nitrogens with zero attached hydrogens (tertiary/aromatic N) is 2. The van der Waals surface area contributed by atoms with Crippen molar-refractivity contribution in [1.29, 1.82) is 0 Å². The molecule has 0 bridgehead atoms. The van der Waals surface area contributed by atoms with Crippen LogP contribution in [0.15, 0.2) is 28.9 Å². The summed E-state index contributed by atoms with van der Waals surface area (Å²) in [6.45, 7) is 8.97. The highest BCUT2D eigenvalue weighted by molar-refractivity contribution is 9.10. The van der Waals surface area contributed by atoms with Gasteiger partial charge in [-0.2, -0.15) is 5.10 Å². The second-order valence-corrected chi connectivity index (χ2v) is 6.50. The first-order valence-corrected chi connectivity index (χ1v) is 7.18. The zero-order valence-corrected chi connectivity index (χ0v) is 13.5. The number of halogens is 1. The third-order valence-electron chi connectivity index (χ3n) is 3.42. The summed E-state index contributed by atoms with van der Waals surface area (Å²) in [4.78, 5) is 0.